The van der Waals surface area contributed by atoms with Crippen LogP contribution in [0, 0.1) is 10.1 Å². The van der Waals surface area contributed by atoms with Crippen LogP contribution in [-0.2, 0) is 6.54 Å². The maximum atomic E-state index is 10.9. The molecule has 0 aliphatic rings. The molecule has 0 atom stereocenters. The van der Waals surface area contributed by atoms with Gasteiger partial charge in [-0.15, -0.1) is 0 Å². The third-order valence-corrected chi connectivity index (χ3v) is 2.76. The van der Waals surface area contributed by atoms with Crippen LogP contribution in [0.3, 0.4) is 0 Å². The molecule has 0 radical (unpaired) electrons. The molecule has 2 N–H and O–H groups in total. The number of para-hydroxylation sites is 1. The van der Waals surface area contributed by atoms with E-state index < -0.39 is 4.92 Å². The molecule has 1 aromatic carbocycles. The van der Waals surface area contributed by atoms with E-state index in [-0.39, 0.29) is 5.69 Å². The maximum absolute atomic E-state index is 10.9. The Morgan fingerprint density at radius 3 is 2.85 bits per heavy atom. The third kappa shape index (κ3) is 3.23. The number of aromatic nitrogens is 1. The number of nitrogens with zero attached hydrogens (tertiary/aromatic N) is 1. The molecule has 0 saturated carbocycles. The monoisotopic (exact) mass is 274 g/mol. The Bertz CT molecular complexity index is 602. The van der Waals surface area contributed by atoms with Crippen LogP contribution in [0.15, 0.2) is 42.6 Å². The second kappa shape index (κ2) is 6.51. The highest BCUT2D eigenvalue weighted by atomic mass is 16.6. The number of H-pyrrole nitrogens is 1. The molecule has 0 amide bonds. The van der Waals surface area contributed by atoms with E-state index >= 15 is 0 Å². The van der Waals surface area contributed by atoms with Crippen molar-refractivity contribution in [1.82, 2.24) is 0 Å². The molecular formula is C14H16N3O3+. The molecule has 0 saturated heterocycles. The van der Waals surface area contributed by atoms with Crippen molar-refractivity contribution in [3.63, 3.8) is 0 Å². The molecule has 0 aliphatic carbocycles. The van der Waals surface area contributed by atoms with E-state index in [9.17, 15) is 10.1 Å². The van der Waals surface area contributed by atoms with Crippen molar-refractivity contribution in [2.45, 2.75) is 13.5 Å². The normalized spacial score (nSPS) is 10.1. The number of ether oxygens (including phenoxy) is 1. The Morgan fingerprint density at radius 2 is 2.10 bits per heavy atom. The summed E-state index contributed by atoms with van der Waals surface area (Å²) >= 11 is 0. The number of pyridine rings is 1. The van der Waals surface area contributed by atoms with Crippen LogP contribution in [0.2, 0.25) is 0 Å². The Morgan fingerprint density at radius 1 is 1.30 bits per heavy atom. The van der Waals surface area contributed by atoms with Gasteiger partial charge in [-0.3, -0.25) is 15.4 Å². The van der Waals surface area contributed by atoms with Gasteiger partial charge >= 0.3 is 11.5 Å². The summed E-state index contributed by atoms with van der Waals surface area (Å²) in [5.74, 6) is 1.16. The summed E-state index contributed by atoms with van der Waals surface area (Å²) in [7, 11) is 0. The molecule has 20 heavy (non-hydrogen) atoms. The van der Waals surface area contributed by atoms with Gasteiger partial charge in [0.2, 0.25) is 0 Å². The molecule has 2 rings (SSSR count). The summed E-state index contributed by atoms with van der Waals surface area (Å²) in [6, 6.07) is 10.6. The van der Waals surface area contributed by atoms with E-state index in [0.29, 0.717) is 19.0 Å². The van der Waals surface area contributed by atoms with Crippen molar-refractivity contribution in [3.8, 4) is 5.75 Å². The number of hydrogen-bond acceptors (Lipinski definition) is 4. The predicted octanol–water partition coefficient (Wildman–Crippen LogP) is 2.42. The molecule has 6 nitrogen and oxygen atoms in total. The van der Waals surface area contributed by atoms with Gasteiger partial charge in [-0.05, 0) is 19.1 Å². The van der Waals surface area contributed by atoms with Crippen LogP contribution in [0.1, 0.15) is 12.5 Å². The zero-order chi connectivity index (χ0) is 14.4. The lowest BCUT2D eigenvalue weighted by Crippen LogP contribution is -2.15. The minimum atomic E-state index is -0.423. The molecule has 1 aromatic heterocycles. The SMILES string of the molecule is CCOc1ccccc1CNc1[nH+]cccc1[N+](=O)[O-]. The van der Waals surface area contributed by atoms with Gasteiger partial charge in [0.25, 0.3) is 0 Å². The Balaban J connectivity index is 2.15. The average Bonchev–Trinajstić information content (AvgIpc) is 2.47. The smallest absolute Gasteiger partial charge is 0.357 e. The van der Waals surface area contributed by atoms with Crippen molar-refractivity contribution < 1.29 is 14.6 Å². The first-order chi connectivity index (χ1) is 9.72. The lowest BCUT2D eigenvalue weighted by Gasteiger charge is -2.08. The molecular weight excluding hydrogens is 258 g/mol. The Hall–Kier alpha value is -2.63. The Kier molecular flexibility index (Phi) is 4.49. The molecule has 104 valence electrons. The van der Waals surface area contributed by atoms with Crippen LogP contribution >= 0.6 is 0 Å². The largest absolute Gasteiger partial charge is 0.493 e. The molecule has 0 bridgehead atoms. The third-order valence-electron chi connectivity index (χ3n) is 2.76. The average molecular weight is 274 g/mol. The molecule has 6 heteroatoms. The molecule has 0 unspecified atom stereocenters. The van der Waals surface area contributed by atoms with E-state index in [4.69, 9.17) is 4.74 Å². The molecule has 2 aromatic rings. The number of rotatable bonds is 6. The second-order valence-corrected chi connectivity index (χ2v) is 4.08. The highest BCUT2D eigenvalue weighted by Crippen LogP contribution is 2.22. The molecule has 0 spiro atoms. The van der Waals surface area contributed by atoms with Crippen molar-refractivity contribution in [1.29, 1.82) is 0 Å². The fourth-order valence-electron chi connectivity index (χ4n) is 1.85. The number of benzene rings is 1. The lowest BCUT2D eigenvalue weighted by molar-refractivity contribution is -0.409. The van der Waals surface area contributed by atoms with E-state index in [0.717, 1.165) is 11.3 Å². The highest BCUT2D eigenvalue weighted by molar-refractivity contribution is 5.51. The van der Waals surface area contributed by atoms with E-state index in [2.05, 4.69) is 10.3 Å². The minimum absolute atomic E-state index is 0.0152. The van der Waals surface area contributed by atoms with Crippen LogP contribution in [0.5, 0.6) is 5.75 Å². The highest BCUT2D eigenvalue weighted by Gasteiger charge is 2.19. The molecule has 1 heterocycles. The van der Waals surface area contributed by atoms with E-state index in [1.54, 1.807) is 12.3 Å². The van der Waals surface area contributed by atoms with Gasteiger partial charge in [0, 0.05) is 11.6 Å². The quantitative estimate of drug-likeness (QED) is 0.648. The summed E-state index contributed by atoms with van der Waals surface area (Å²) in [5.41, 5.74) is 0.960. The van der Waals surface area contributed by atoms with Gasteiger partial charge in [-0.25, -0.2) is 4.98 Å². The summed E-state index contributed by atoms with van der Waals surface area (Å²) in [4.78, 5) is 13.3. The number of hydrogen-bond donors (Lipinski definition) is 1. The second-order valence-electron chi connectivity index (χ2n) is 4.08. The lowest BCUT2D eigenvalue weighted by atomic mass is 10.2. The number of nitro groups is 1. The summed E-state index contributed by atoms with van der Waals surface area (Å²) in [5, 5.41) is 14.0. The topological polar surface area (TPSA) is 78.5 Å². The summed E-state index contributed by atoms with van der Waals surface area (Å²) in [6.45, 7) is 2.94. The first-order valence-corrected chi connectivity index (χ1v) is 6.32. The van der Waals surface area contributed by atoms with Crippen molar-refractivity contribution in [2.24, 2.45) is 0 Å². The standard InChI is InChI=1S/C14H15N3O3/c1-2-20-13-8-4-3-6-11(13)10-16-14-12(17(18)19)7-5-9-15-14/h3-9H,2,10H2,1H3,(H,15,16)/p+1. The first-order valence-electron chi connectivity index (χ1n) is 6.32. The minimum Gasteiger partial charge on any atom is -0.493 e. The van der Waals surface area contributed by atoms with Gasteiger partial charge in [-0.2, -0.15) is 0 Å². The van der Waals surface area contributed by atoms with Crippen LogP contribution in [0.25, 0.3) is 0 Å². The van der Waals surface area contributed by atoms with Gasteiger partial charge in [0.05, 0.1) is 17.7 Å². The molecule has 0 aliphatic heterocycles. The number of aromatic amines is 1. The maximum Gasteiger partial charge on any atom is 0.357 e. The predicted molar refractivity (Wildman–Crippen MR) is 74.6 cm³/mol. The van der Waals surface area contributed by atoms with E-state index in [1.165, 1.54) is 6.07 Å². The number of anilines is 1. The van der Waals surface area contributed by atoms with Crippen molar-refractivity contribution in [3.05, 3.63) is 58.3 Å². The van der Waals surface area contributed by atoms with Gasteiger partial charge in [0.1, 0.15) is 12.3 Å². The zero-order valence-corrected chi connectivity index (χ0v) is 11.1. The van der Waals surface area contributed by atoms with Crippen LogP contribution < -0.4 is 15.0 Å². The summed E-state index contributed by atoms with van der Waals surface area (Å²) in [6.07, 6.45) is 1.64. The summed E-state index contributed by atoms with van der Waals surface area (Å²) < 4.78 is 5.52. The van der Waals surface area contributed by atoms with E-state index in [1.807, 2.05) is 31.2 Å². The molecule has 0 fully saturated rings. The van der Waals surface area contributed by atoms with Crippen LogP contribution in [-0.4, -0.2) is 11.5 Å². The number of nitrogens with one attached hydrogen (secondary N) is 2. The first kappa shape index (κ1) is 13.8. The van der Waals surface area contributed by atoms with Crippen LogP contribution in [0.4, 0.5) is 11.5 Å². The van der Waals surface area contributed by atoms with Crippen molar-refractivity contribution in [2.75, 3.05) is 11.9 Å². The van der Waals surface area contributed by atoms with Gasteiger partial charge < -0.3 is 4.74 Å². The fourth-order valence-corrected chi connectivity index (χ4v) is 1.85. The zero-order valence-electron chi connectivity index (χ0n) is 11.1. The van der Waals surface area contributed by atoms with Gasteiger partial charge in [0.15, 0.2) is 0 Å². The fraction of sp³-hybridized carbons (Fsp3) is 0.214. The Labute approximate surface area is 116 Å². The van der Waals surface area contributed by atoms with Gasteiger partial charge in [-0.1, -0.05) is 18.2 Å². The van der Waals surface area contributed by atoms with Crippen molar-refractivity contribution >= 4 is 11.5 Å².